The summed E-state index contributed by atoms with van der Waals surface area (Å²) < 4.78 is 1.76. The smallest absolute Gasteiger partial charge is 0.256 e. The lowest BCUT2D eigenvalue weighted by Crippen LogP contribution is -2.39. The quantitative estimate of drug-likeness (QED) is 0.887. The summed E-state index contributed by atoms with van der Waals surface area (Å²) in [7, 11) is 1.68. The Kier molecular flexibility index (Phi) is 3.86. The summed E-state index contributed by atoms with van der Waals surface area (Å²) in [5, 5.41) is 13.9. The fourth-order valence-electron chi connectivity index (χ4n) is 1.67. The molecule has 1 rings (SSSR count). The van der Waals surface area contributed by atoms with Crippen LogP contribution in [0.5, 0.6) is 0 Å². The molecule has 18 heavy (non-hydrogen) atoms. The Morgan fingerprint density at radius 3 is 2.33 bits per heavy atom. The fraction of sp³-hybridized carbons (Fsp3) is 0.692. The molecule has 0 bridgehead atoms. The molecule has 5 heteroatoms. The number of carbonyl (C=O) groups excluding carboxylic acids is 1. The van der Waals surface area contributed by atoms with E-state index in [0.29, 0.717) is 5.56 Å². The van der Waals surface area contributed by atoms with Crippen molar-refractivity contribution in [3.8, 4) is 0 Å². The van der Waals surface area contributed by atoms with Crippen LogP contribution in [0.1, 0.15) is 45.0 Å². The monoisotopic (exact) mass is 253 g/mol. The molecule has 0 saturated heterocycles. The number of hydrogen-bond donors (Lipinski definition) is 1. The minimum atomic E-state index is -0.898. The van der Waals surface area contributed by atoms with Crippen LogP contribution in [-0.4, -0.2) is 44.9 Å². The van der Waals surface area contributed by atoms with Gasteiger partial charge in [0.2, 0.25) is 0 Å². The first-order valence-electron chi connectivity index (χ1n) is 6.04. The molecule has 0 fully saturated rings. The van der Waals surface area contributed by atoms with Crippen molar-refractivity contribution in [1.29, 1.82) is 0 Å². The van der Waals surface area contributed by atoms with E-state index in [1.165, 1.54) is 4.90 Å². The van der Waals surface area contributed by atoms with Gasteiger partial charge in [0.15, 0.2) is 0 Å². The van der Waals surface area contributed by atoms with E-state index in [1.807, 2.05) is 20.8 Å². The Balaban J connectivity index is 2.82. The van der Waals surface area contributed by atoms with Gasteiger partial charge in [0.25, 0.3) is 5.91 Å². The average Bonchev–Trinajstić information content (AvgIpc) is 2.61. The van der Waals surface area contributed by atoms with Crippen LogP contribution < -0.4 is 0 Å². The van der Waals surface area contributed by atoms with Crippen LogP contribution in [0.2, 0.25) is 0 Å². The molecule has 0 atom stereocenters. The van der Waals surface area contributed by atoms with Gasteiger partial charge in [0.05, 0.1) is 22.9 Å². The molecule has 0 spiro atoms. The van der Waals surface area contributed by atoms with Crippen LogP contribution in [0.15, 0.2) is 12.4 Å². The lowest BCUT2D eigenvalue weighted by molar-refractivity contribution is 0.0368. The molecular weight excluding hydrogens is 230 g/mol. The SMILES string of the molecule is CN(CC(C)(C)O)C(=O)c1cnn(C(C)(C)C)c1. The summed E-state index contributed by atoms with van der Waals surface area (Å²) in [5.74, 6) is -0.132. The highest BCUT2D eigenvalue weighted by Crippen LogP contribution is 2.14. The van der Waals surface area contributed by atoms with Gasteiger partial charge >= 0.3 is 0 Å². The van der Waals surface area contributed by atoms with E-state index in [0.717, 1.165) is 0 Å². The topological polar surface area (TPSA) is 58.4 Å². The van der Waals surface area contributed by atoms with Crippen molar-refractivity contribution >= 4 is 5.91 Å². The van der Waals surface area contributed by atoms with E-state index >= 15 is 0 Å². The van der Waals surface area contributed by atoms with E-state index in [9.17, 15) is 9.90 Å². The molecule has 102 valence electrons. The van der Waals surface area contributed by atoms with Crippen molar-refractivity contribution in [2.45, 2.75) is 45.8 Å². The zero-order chi connectivity index (χ0) is 14.1. The van der Waals surface area contributed by atoms with Crippen molar-refractivity contribution < 1.29 is 9.90 Å². The molecule has 0 aliphatic carbocycles. The second kappa shape index (κ2) is 4.72. The Morgan fingerprint density at radius 1 is 1.39 bits per heavy atom. The molecule has 0 saturated carbocycles. The number of amides is 1. The lowest BCUT2D eigenvalue weighted by Gasteiger charge is -2.25. The van der Waals surface area contributed by atoms with E-state index in [-0.39, 0.29) is 18.0 Å². The number of aromatic nitrogens is 2. The first-order chi connectivity index (χ1) is 8.00. The molecule has 0 aromatic carbocycles. The molecule has 0 unspecified atom stereocenters. The van der Waals surface area contributed by atoms with Crippen LogP contribution >= 0.6 is 0 Å². The third-order valence-corrected chi connectivity index (χ3v) is 2.49. The van der Waals surface area contributed by atoms with Gasteiger partial charge in [-0.15, -0.1) is 0 Å². The van der Waals surface area contributed by atoms with E-state index in [4.69, 9.17) is 0 Å². The minimum absolute atomic E-state index is 0.132. The Bertz CT molecular complexity index is 424. The van der Waals surface area contributed by atoms with Crippen molar-refractivity contribution in [1.82, 2.24) is 14.7 Å². The van der Waals surface area contributed by atoms with Gasteiger partial charge in [-0.1, -0.05) is 0 Å². The van der Waals surface area contributed by atoms with Gasteiger partial charge in [-0.25, -0.2) is 0 Å². The van der Waals surface area contributed by atoms with Gasteiger partial charge in [-0.2, -0.15) is 5.10 Å². The maximum Gasteiger partial charge on any atom is 0.256 e. The largest absolute Gasteiger partial charge is 0.389 e. The van der Waals surface area contributed by atoms with Crippen LogP contribution in [0.4, 0.5) is 0 Å². The molecule has 0 aliphatic heterocycles. The third-order valence-electron chi connectivity index (χ3n) is 2.49. The van der Waals surface area contributed by atoms with Gasteiger partial charge in [-0.05, 0) is 34.6 Å². The van der Waals surface area contributed by atoms with Crippen LogP contribution in [0, 0.1) is 0 Å². The van der Waals surface area contributed by atoms with Crippen LogP contribution in [-0.2, 0) is 5.54 Å². The van der Waals surface area contributed by atoms with Crippen molar-refractivity contribution in [2.24, 2.45) is 0 Å². The minimum Gasteiger partial charge on any atom is -0.389 e. The highest BCUT2D eigenvalue weighted by molar-refractivity contribution is 5.93. The summed E-state index contributed by atoms with van der Waals surface area (Å²) >= 11 is 0. The molecule has 0 radical (unpaired) electrons. The maximum absolute atomic E-state index is 12.1. The summed E-state index contributed by atoms with van der Waals surface area (Å²) in [4.78, 5) is 13.6. The van der Waals surface area contributed by atoms with Crippen molar-refractivity contribution in [3.63, 3.8) is 0 Å². The number of nitrogens with zero attached hydrogens (tertiary/aromatic N) is 3. The Hall–Kier alpha value is -1.36. The average molecular weight is 253 g/mol. The van der Waals surface area contributed by atoms with E-state index in [1.54, 1.807) is 38.0 Å². The first-order valence-corrected chi connectivity index (χ1v) is 6.04. The van der Waals surface area contributed by atoms with E-state index < -0.39 is 5.60 Å². The van der Waals surface area contributed by atoms with Crippen molar-refractivity contribution in [2.75, 3.05) is 13.6 Å². The Morgan fingerprint density at radius 2 is 1.94 bits per heavy atom. The summed E-state index contributed by atoms with van der Waals surface area (Å²) in [6.07, 6.45) is 3.30. The summed E-state index contributed by atoms with van der Waals surface area (Å²) in [6, 6.07) is 0. The van der Waals surface area contributed by atoms with Gasteiger partial charge < -0.3 is 10.0 Å². The molecular formula is C13H23N3O2. The Labute approximate surface area is 108 Å². The number of hydrogen-bond acceptors (Lipinski definition) is 3. The number of aliphatic hydroxyl groups is 1. The molecule has 1 amide bonds. The molecule has 1 heterocycles. The summed E-state index contributed by atoms with van der Waals surface area (Å²) in [6.45, 7) is 9.70. The molecule has 1 N–H and O–H groups in total. The second-order valence-electron chi connectivity index (χ2n) is 6.32. The maximum atomic E-state index is 12.1. The van der Waals surface area contributed by atoms with Crippen molar-refractivity contribution in [3.05, 3.63) is 18.0 Å². The zero-order valence-electron chi connectivity index (χ0n) is 12.1. The standard InChI is InChI=1S/C13H23N3O2/c1-12(2,3)16-8-10(7-14-16)11(17)15(6)9-13(4,5)18/h7-8,18H,9H2,1-6H3. The highest BCUT2D eigenvalue weighted by Gasteiger charge is 2.22. The van der Waals surface area contributed by atoms with E-state index in [2.05, 4.69) is 5.10 Å². The van der Waals surface area contributed by atoms with Gasteiger partial charge in [-0.3, -0.25) is 9.48 Å². The molecule has 1 aromatic rings. The lowest BCUT2D eigenvalue weighted by atomic mass is 10.1. The number of carbonyl (C=O) groups is 1. The fourth-order valence-corrected chi connectivity index (χ4v) is 1.67. The predicted octanol–water partition coefficient (Wildman–Crippen LogP) is 1.48. The number of likely N-dealkylation sites (N-methyl/N-ethyl adjacent to an activating group) is 1. The van der Waals surface area contributed by atoms with Crippen LogP contribution in [0.25, 0.3) is 0 Å². The molecule has 0 aliphatic rings. The summed E-state index contributed by atoms with van der Waals surface area (Å²) in [5.41, 5.74) is -0.505. The van der Waals surface area contributed by atoms with Crippen LogP contribution in [0.3, 0.4) is 0 Å². The third kappa shape index (κ3) is 3.84. The van der Waals surface area contributed by atoms with Gasteiger partial charge in [0.1, 0.15) is 0 Å². The number of rotatable bonds is 3. The second-order valence-corrected chi connectivity index (χ2v) is 6.32. The predicted molar refractivity (Wildman–Crippen MR) is 70.5 cm³/mol. The van der Waals surface area contributed by atoms with Gasteiger partial charge in [0, 0.05) is 19.8 Å². The first kappa shape index (κ1) is 14.7. The zero-order valence-corrected chi connectivity index (χ0v) is 12.1. The molecule has 1 aromatic heterocycles. The molecule has 5 nitrogen and oxygen atoms in total. The highest BCUT2D eigenvalue weighted by atomic mass is 16.3. The normalized spacial score (nSPS) is 12.6.